The Morgan fingerprint density at radius 1 is 1.27 bits per heavy atom. The van der Waals surface area contributed by atoms with E-state index < -0.39 is 0 Å². The highest BCUT2D eigenvalue weighted by atomic mass is 35.5. The molecule has 0 rings (SSSR count). The largest absolute Gasteiger partial charge is 0.371 e. The van der Waals surface area contributed by atoms with Crippen molar-refractivity contribution in [2.75, 3.05) is 12.4 Å². The average Bonchev–Trinajstić information content (AvgIpc) is 1.96. The Balaban J connectivity index is 2.85. The van der Waals surface area contributed by atoms with E-state index in [1.165, 1.54) is 12.8 Å². The second-order valence-corrected chi connectivity index (χ2v) is 3.87. The molecule has 0 atom stereocenters. The Hall–Kier alpha value is 0.530. The van der Waals surface area contributed by atoms with Crippen LogP contribution in [0.25, 0.3) is 0 Å². The molecule has 0 aliphatic rings. The van der Waals surface area contributed by atoms with Crippen LogP contribution >= 0.6 is 36.4 Å². The molecule has 0 unspecified atom stereocenters. The van der Waals surface area contributed by atoms with E-state index in [1.54, 1.807) is 0 Å². The first-order valence-corrected chi connectivity index (χ1v) is 5.19. The molecule has 1 nitrogen and oxygen atoms in total. The van der Waals surface area contributed by atoms with Crippen molar-refractivity contribution in [2.24, 2.45) is 0 Å². The van der Waals surface area contributed by atoms with Crippen LogP contribution in [0.15, 0.2) is 0 Å². The highest BCUT2D eigenvalue weighted by molar-refractivity contribution is 8.11. The van der Waals surface area contributed by atoms with Gasteiger partial charge in [0, 0.05) is 12.4 Å². The molecule has 66 valence electrons. The minimum atomic E-state index is 0.586. The van der Waals surface area contributed by atoms with Gasteiger partial charge in [-0.15, -0.1) is 24.2 Å². The molecule has 0 aliphatic carbocycles. The van der Waals surface area contributed by atoms with E-state index in [0.29, 0.717) is 4.32 Å². The zero-order valence-electron chi connectivity index (χ0n) is 6.48. The zero-order valence-corrected chi connectivity index (χ0v) is 8.94. The maximum Gasteiger partial charge on any atom is 0.130 e. The molecule has 4 heteroatoms. The van der Waals surface area contributed by atoms with E-state index in [2.05, 4.69) is 17.9 Å². The van der Waals surface area contributed by atoms with Gasteiger partial charge in [0.15, 0.2) is 0 Å². The number of nitrogens with one attached hydrogen (secondary N) is 1. The number of hydrogen-bond acceptors (Lipinski definition) is 1. The summed E-state index contributed by atoms with van der Waals surface area (Å²) in [6, 6.07) is 0. The lowest BCUT2D eigenvalue weighted by molar-refractivity contribution is 0.659. The van der Waals surface area contributed by atoms with Gasteiger partial charge in [0.05, 0.1) is 0 Å². The fraction of sp³-hybridized carbons (Fsp3) is 0.857. The number of unbranched alkanes of at least 4 members (excludes halogenated alkanes) is 3. The molecule has 0 aromatic heterocycles. The molecular formula is C7H14ClNS2. The summed E-state index contributed by atoms with van der Waals surface area (Å²) in [4.78, 5) is 0. The smallest absolute Gasteiger partial charge is 0.130 e. The molecule has 0 bridgehead atoms. The topological polar surface area (TPSA) is 12.0 Å². The first-order valence-electron chi connectivity index (χ1n) is 3.80. The Morgan fingerprint density at radius 3 is 2.45 bits per heavy atom. The molecule has 1 N–H and O–H groups in total. The Labute approximate surface area is 84.3 Å². The van der Waals surface area contributed by atoms with Crippen LogP contribution in [0.4, 0.5) is 0 Å². The van der Waals surface area contributed by atoms with E-state index >= 15 is 0 Å². The van der Waals surface area contributed by atoms with Gasteiger partial charge in [0.2, 0.25) is 0 Å². The second-order valence-electron chi connectivity index (χ2n) is 2.34. The van der Waals surface area contributed by atoms with Gasteiger partial charge in [0.1, 0.15) is 4.32 Å². The zero-order chi connectivity index (χ0) is 8.53. The molecule has 0 amide bonds. The van der Waals surface area contributed by atoms with Crippen molar-refractivity contribution in [2.45, 2.75) is 25.7 Å². The normalized spacial score (nSPS) is 9.64. The quantitative estimate of drug-likeness (QED) is 0.303. The van der Waals surface area contributed by atoms with Crippen LogP contribution in [0.2, 0.25) is 0 Å². The molecule has 0 heterocycles. The molecule has 0 aromatic rings. The number of thiol groups is 1. The van der Waals surface area contributed by atoms with Gasteiger partial charge in [-0.2, -0.15) is 0 Å². The van der Waals surface area contributed by atoms with Crippen molar-refractivity contribution in [1.82, 2.24) is 5.32 Å². The fourth-order valence-electron chi connectivity index (χ4n) is 0.768. The third kappa shape index (κ3) is 10.5. The van der Waals surface area contributed by atoms with Crippen molar-refractivity contribution in [3.8, 4) is 0 Å². The van der Waals surface area contributed by atoms with Crippen LogP contribution in [0.1, 0.15) is 25.7 Å². The van der Waals surface area contributed by atoms with Crippen LogP contribution in [0, 0.1) is 0 Å². The molecule has 0 spiro atoms. The lowest BCUT2D eigenvalue weighted by Gasteiger charge is -2.01. The number of hydrogen-bond donors (Lipinski definition) is 2. The Morgan fingerprint density at radius 2 is 1.91 bits per heavy atom. The molecule has 0 saturated carbocycles. The summed E-state index contributed by atoms with van der Waals surface area (Å²) >= 11 is 14.2. The van der Waals surface area contributed by atoms with Gasteiger partial charge in [0.25, 0.3) is 0 Å². The molecule has 11 heavy (non-hydrogen) atoms. The van der Waals surface area contributed by atoms with E-state index in [0.717, 1.165) is 25.3 Å². The summed E-state index contributed by atoms with van der Waals surface area (Å²) in [5.41, 5.74) is 0. The summed E-state index contributed by atoms with van der Waals surface area (Å²) in [5.74, 6) is 0.776. The number of halogens is 1. The molecule has 0 aliphatic heterocycles. The average molecular weight is 212 g/mol. The van der Waals surface area contributed by atoms with E-state index in [1.807, 2.05) is 0 Å². The highest BCUT2D eigenvalue weighted by Gasteiger charge is 1.89. The van der Waals surface area contributed by atoms with Crippen molar-refractivity contribution in [1.29, 1.82) is 0 Å². The number of alkyl halides is 1. The standard InChI is InChI=1S/C7H14ClNS2/c8-5-3-1-2-4-6-9-7(10)11/h1-6H2,(H2,9,10,11). The van der Waals surface area contributed by atoms with Crippen LogP contribution in [0.3, 0.4) is 0 Å². The first-order chi connectivity index (χ1) is 5.27. The molecule has 0 saturated heterocycles. The van der Waals surface area contributed by atoms with E-state index in [9.17, 15) is 0 Å². The van der Waals surface area contributed by atoms with Crippen LogP contribution in [-0.4, -0.2) is 16.7 Å². The van der Waals surface area contributed by atoms with Crippen LogP contribution in [0.5, 0.6) is 0 Å². The SMILES string of the molecule is S=C(S)NCCCCCCCl. The monoisotopic (exact) mass is 211 g/mol. The summed E-state index contributed by atoms with van der Waals surface area (Å²) in [6.07, 6.45) is 4.70. The summed E-state index contributed by atoms with van der Waals surface area (Å²) < 4.78 is 0.586. The van der Waals surface area contributed by atoms with Crippen molar-refractivity contribution < 1.29 is 0 Å². The van der Waals surface area contributed by atoms with Gasteiger partial charge in [-0.05, 0) is 12.8 Å². The summed E-state index contributed by atoms with van der Waals surface area (Å²) in [7, 11) is 0. The van der Waals surface area contributed by atoms with Gasteiger partial charge >= 0.3 is 0 Å². The molecular weight excluding hydrogens is 198 g/mol. The highest BCUT2D eigenvalue weighted by Crippen LogP contribution is 1.99. The van der Waals surface area contributed by atoms with E-state index in [-0.39, 0.29) is 0 Å². The maximum atomic E-state index is 5.52. The summed E-state index contributed by atoms with van der Waals surface area (Å²) in [5, 5.41) is 2.99. The Bertz CT molecular complexity index is 109. The van der Waals surface area contributed by atoms with Crippen molar-refractivity contribution >= 4 is 40.8 Å². The second kappa shape index (κ2) is 8.62. The molecule has 0 aromatic carbocycles. The third-order valence-corrected chi connectivity index (χ3v) is 1.91. The Kier molecular flexibility index (Phi) is 9.04. The van der Waals surface area contributed by atoms with E-state index in [4.69, 9.17) is 23.8 Å². The molecule has 0 fully saturated rings. The lowest BCUT2D eigenvalue weighted by atomic mass is 10.2. The third-order valence-electron chi connectivity index (χ3n) is 1.34. The number of rotatable bonds is 6. The molecule has 0 radical (unpaired) electrons. The predicted octanol–water partition coefficient (Wildman–Crippen LogP) is 2.59. The van der Waals surface area contributed by atoms with Gasteiger partial charge < -0.3 is 5.32 Å². The van der Waals surface area contributed by atoms with Crippen molar-refractivity contribution in [3.63, 3.8) is 0 Å². The predicted molar refractivity (Wildman–Crippen MR) is 58.8 cm³/mol. The first kappa shape index (κ1) is 11.5. The fourth-order valence-corrected chi connectivity index (χ4v) is 1.17. The van der Waals surface area contributed by atoms with Crippen LogP contribution in [-0.2, 0) is 0 Å². The minimum absolute atomic E-state index is 0.586. The number of thiocarbonyl (C=S) groups is 1. The van der Waals surface area contributed by atoms with Gasteiger partial charge in [-0.1, -0.05) is 25.1 Å². The summed E-state index contributed by atoms with van der Waals surface area (Å²) in [6.45, 7) is 0.935. The van der Waals surface area contributed by atoms with Gasteiger partial charge in [-0.25, -0.2) is 0 Å². The minimum Gasteiger partial charge on any atom is -0.371 e. The lowest BCUT2D eigenvalue weighted by Crippen LogP contribution is -2.17. The van der Waals surface area contributed by atoms with Gasteiger partial charge in [-0.3, -0.25) is 0 Å². The van der Waals surface area contributed by atoms with Crippen LogP contribution < -0.4 is 5.32 Å². The maximum absolute atomic E-state index is 5.52. The van der Waals surface area contributed by atoms with Crippen molar-refractivity contribution in [3.05, 3.63) is 0 Å².